The summed E-state index contributed by atoms with van der Waals surface area (Å²) in [6, 6.07) is 6.91. The van der Waals surface area contributed by atoms with Crippen LogP contribution >= 0.6 is 23.7 Å². The number of hydrogen-bond acceptors (Lipinski definition) is 6. The molecule has 1 aromatic carbocycles. The van der Waals surface area contributed by atoms with Gasteiger partial charge in [0.2, 0.25) is 5.91 Å². The summed E-state index contributed by atoms with van der Waals surface area (Å²) in [6.45, 7) is 2.13. The number of nitrogens with zero attached hydrogens (tertiary/aromatic N) is 1. The van der Waals surface area contributed by atoms with Crippen LogP contribution in [-0.2, 0) is 9.53 Å². The second kappa shape index (κ2) is 8.83. The maximum absolute atomic E-state index is 11.9. The number of amides is 1. The van der Waals surface area contributed by atoms with E-state index in [0.717, 1.165) is 21.9 Å². The summed E-state index contributed by atoms with van der Waals surface area (Å²) in [6.07, 6.45) is 0. The van der Waals surface area contributed by atoms with E-state index in [-0.39, 0.29) is 24.9 Å². The topological polar surface area (TPSA) is 86.5 Å². The minimum atomic E-state index is -0.710. The van der Waals surface area contributed by atoms with E-state index in [0.29, 0.717) is 5.13 Å². The van der Waals surface area contributed by atoms with E-state index in [1.165, 1.54) is 18.4 Å². The maximum atomic E-state index is 11.9. The van der Waals surface area contributed by atoms with Crippen LogP contribution in [0, 0.1) is 6.92 Å². The lowest BCUT2D eigenvalue weighted by atomic mass is 10.1. The van der Waals surface area contributed by atoms with Crippen LogP contribution in [0.15, 0.2) is 24.3 Å². The van der Waals surface area contributed by atoms with Crippen LogP contribution in [0.2, 0.25) is 0 Å². The fourth-order valence-electron chi connectivity index (χ4n) is 1.92. The third-order valence-corrected chi connectivity index (χ3v) is 3.96. The van der Waals surface area contributed by atoms with Gasteiger partial charge in [-0.3, -0.25) is 4.79 Å². The van der Waals surface area contributed by atoms with Gasteiger partial charge in [-0.2, -0.15) is 0 Å². The van der Waals surface area contributed by atoms with Crippen LogP contribution in [0.1, 0.15) is 4.88 Å². The lowest BCUT2D eigenvalue weighted by Crippen LogP contribution is -2.39. The van der Waals surface area contributed by atoms with Gasteiger partial charge in [0.1, 0.15) is 11.8 Å². The Hall–Kier alpha value is -1.67. The zero-order valence-corrected chi connectivity index (χ0v) is 14.8. The van der Waals surface area contributed by atoms with Crippen molar-refractivity contribution in [1.82, 2.24) is 4.98 Å². The minimum Gasteiger partial charge on any atom is -0.497 e. The Balaban J connectivity index is 0.00000264. The standard InChI is InChI=1S/C15H19N3O3S.ClH/c1-9-13(10-4-6-11(21-3)7-5-10)17-15(22-9)18-14(19)12(16)8-20-2;/h4-7,12H,8,16H2,1-3H3,(H,17,18,19);1H. The van der Waals surface area contributed by atoms with Gasteiger partial charge < -0.3 is 20.5 Å². The zero-order valence-electron chi connectivity index (χ0n) is 13.2. The molecule has 8 heteroatoms. The summed E-state index contributed by atoms with van der Waals surface area (Å²) in [5.41, 5.74) is 7.49. The number of methoxy groups -OCH3 is 2. The van der Waals surface area contributed by atoms with Crippen molar-refractivity contribution >= 4 is 34.8 Å². The Morgan fingerprint density at radius 3 is 2.57 bits per heavy atom. The van der Waals surface area contributed by atoms with Crippen LogP contribution in [0.4, 0.5) is 5.13 Å². The van der Waals surface area contributed by atoms with Crippen LogP contribution < -0.4 is 15.8 Å². The summed E-state index contributed by atoms with van der Waals surface area (Å²) in [4.78, 5) is 17.4. The Labute approximate surface area is 145 Å². The highest BCUT2D eigenvalue weighted by Crippen LogP contribution is 2.31. The van der Waals surface area contributed by atoms with E-state index in [2.05, 4.69) is 10.3 Å². The molecular formula is C15H20ClN3O3S. The van der Waals surface area contributed by atoms with E-state index in [1.54, 1.807) is 7.11 Å². The molecule has 2 aromatic rings. The molecule has 1 amide bonds. The number of hydrogen-bond donors (Lipinski definition) is 2. The molecule has 0 aliphatic carbocycles. The van der Waals surface area contributed by atoms with Crippen molar-refractivity contribution in [3.05, 3.63) is 29.1 Å². The summed E-state index contributed by atoms with van der Waals surface area (Å²) >= 11 is 1.41. The molecule has 0 bridgehead atoms. The average molecular weight is 358 g/mol. The molecule has 0 fully saturated rings. The maximum Gasteiger partial charge on any atom is 0.245 e. The number of ether oxygens (including phenoxy) is 2. The van der Waals surface area contributed by atoms with Crippen molar-refractivity contribution in [1.29, 1.82) is 0 Å². The molecule has 0 aliphatic rings. The second-order valence-corrected chi connectivity index (χ2v) is 5.91. The quantitative estimate of drug-likeness (QED) is 0.829. The van der Waals surface area contributed by atoms with Crippen LogP contribution in [0.3, 0.4) is 0 Å². The molecule has 126 valence electrons. The molecule has 6 nitrogen and oxygen atoms in total. The largest absolute Gasteiger partial charge is 0.497 e. The molecule has 3 N–H and O–H groups in total. The van der Waals surface area contributed by atoms with Crippen molar-refractivity contribution in [2.75, 3.05) is 26.1 Å². The van der Waals surface area contributed by atoms with Crippen molar-refractivity contribution in [2.24, 2.45) is 5.73 Å². The molecule has 23 heavy (non-hydrogen) atoms. The fourth-order valence-corrected chi connectivity index (χ4v) is 2.76. The zero-order chi connectivity index (χ0) is 16.1. The highest BCUT2D eigenvalue weighted by atomic mass is 35.5. The first-order chi connectivity index (χ1) is 10.5. The van der Waals surface area contributed by atoms with Gasteiger partial charge in [-0.15, -0.1) is 23.7 Å². The summed E-state index contributed by atoms with van der Waals surface area (Å²) in [7, 11) is 3.13. The van der Waals surface area contributed by atoms with Gasteiger partial charge >= 0.3 is 0 Å². The van der Waals surface area contributed by atoms with Crippen LogP contribution in [0.25, 0.3) is 11.3 Å². The molecular weight excluding hydrogens is 338 g/mol. The first-order valence-corrected chi connectivity index (χ1v) is 7.54. The molecule has 0 saturated carbocycles. The van der Waals surface area contributed by atoms with E-state index in [4.69, 9.17) is 15.2 Å². The predicted molar refractivity (Wildman–Crippen MR) is 94.6 cm³/mol. The third-order valence-electron chi connectivity index (χ3n) is 3.07. The molecule has 0 aliphatic heterocycles. The lowest BCUT2D eigenvalue weighted by Gasteiger charge is -2.08. The third kappa shape index (κ3) is 4.90. The average Bonchev–Trinajstić information content (AvgIpc) is 2.88. The van der Waals surface area contributed by atoms with Gasteiger partial charge in [-0.05, 0) is 31.2 Å². The SMILES string of the molecule is COCC(N)C(=O)Nc1nc(-c2ccc(OC)cc2)c(C)s1.Cl. The molecule has 0 spiro atoms. The van der Waals surface area contributed by atoms with Crippen molar-refractivity contribution in [3.63, 3.8) is 0 Å². The number of benzene rings is 1. The van der Waals surface area contributed by atoms with Crippen molar-refractivity contribution < 1.29 is 14.3 Å². The molecule has 2 rings (SSSR count). The Morgan fingerprint density at radius 2 is 2.00 bits per heavy atom. The normalized spacial score (nSPS) is 11.5. The molecule has 1 unspecified atom stereocenters. The minimum absolute atomic E-state index is 0. The van der Waals surface area contributed by atoms with Crippen LogP contribution in [-0.4, -0.2) is 37.8 Å². The van der Waals surface area contributed by atoms with E-state index in [9.17, 15) is 4.79 Å². The first-order valence-electron chi connectivity index (χ1n) is 6.72. The highest BCUT2D eigenvalue weighted by molar-refractivity contribution is 7.16. The predicted octanol–water partition coefficient (Wildman–Crippen LogP) is 2.46. The van der Waals surface area contributed by atoms with Gasteiger partial charge in [0.15, 0.2) is 5.13 Å². The molecule has 0 saturated heterocycles. The number of nitrogens with one attached hydrogen (secondary N) is 1. The number of carbonyl (C=O) groups is 1. The number of halogens is 1. The smallest absolute Gasteiger partial charge is 0.245 e. The van der Waals surface area contributed by atoms with Gasteiger partial charge in [-0.25, -0.2) is 4.98 Å². The summed E-state index contributed by atoms with van der Waals surface area (Å²) in [5, 5.41) is 3.25. The Morgan fingerprint density at radius 1 is 1.35 bits per heavy atom. The number of aromatic nitrogens is 1. The molecule has 1 heterocycles. The fraction of sp³-hybridized carbons (Fsp3) is 0.333. The second-order valence-electron chi connectivity index (χ2n) is 4.70. The van der Waals surface area contributed by atoms with Crippen LogP contribution in [0.5, 0.6) is 5.75 Å². The van der Waals surface area contributed by atoms with Gasteiger partial charge in [0.25, 0.3) is 0 Å². The summed E-state index contributed by atoms with van der Waals surface area (Å²) < 4.78 is 10.0. The number of anilines is 1. The van der Waals surface area contributed by atoms with Gasteiger partial charge in [0.05, 0.1) is 19.4 Å². The summed E-state index contributed by atoms with van der Waals surface area (Å²) in [5.74, 6) is 0.479. The Kier molecular flexibility index (Phi) is 7.44. The van der Waals surface area contributed by atoms with Gasteiger partial charge in [-0.1, -0.05) is 0 Å². The number of nitrogens with two attached hydrogens (primary N) is 1. The van der Waals surface area contributed by atoms with E-state index >= 15 is 0 Å². The Bertz CT molecular complexity index is 646. The first kappa shape index (κ1) is 19.4. The number of carbonyl (C=O) groups excluding carboxylic acids is 1. The van der Waals surface area contributed by atoms with Crippen molar-refractivity contribution in [3.8, 4) is 17.0 Å². The number of thiazole rings is 1. The van der Waals surface area contributed by atoms with E-state index in [1.807, 2.05) is 31.2 Å². The van der Waals surface area contributed by atoms with E-state index < -0.39 is 6.04 Å². The highest BCUT2D eigenvalue weighted by Gasteiger charge is 2.16. The number of aryl methyl sites for hydroxylation is 1. The molecule has 1 aromatic heterocycles. The molecule has 1 atom stereocenters. The monoisotopic (exact) mass is 357 g/mol. The van der Waals surface area contributed by atoms with Gasteiger partial charge in [0, 0.05) is 17.6 Å². The molecule has 0 radical (unpaired) electrons. The number of rotatable bonds is 6. The lowest BCUT2D eigenvalue weighted by molar-refractivity contribution is -0.118. The van der Waals surface area contributed by atoms with Crippen molar-refractivity contribution in [2.45, 2.75) is 13.0 Å².